The van der Waals surface area contributed by atoms with Crippen LogP contribution in [0, 0.1) is 23.7 Å². The lowest BCUT2D eigenvalue weighted by Crippen LogP contribution is -2.61. The fourth-order valence-electron chi connectivity index (χ4n) is 3.85. The van der Waals surface area contributed by atoms with Crippen LogP contribution in [0.3, 0.4) is 0 Å². The van der Waals surface area contributed by atoms with E-state index in [1.807, 2.05) is 4.90 Å². The second kappa shape index (κ2) is 8.18. The molecule has 0 aromatic carbocycles. The van der Waals surface area contributed by atoms with Gasteiger partial charge in [-0.2, -0.15) is 5.26 Å². The Labute approximate surface area is 151 Å². The normalized spacial score (nSPS) is 22.1. The predicted molar refractivity (Wildman–Crippen MR) is 96.1 cm³/mol. The summed E-state index contributed by atoms with van der Waals surface area (Å²) in [5, 5.41) is 12.5. The van der Waals surface area contributed by atoms with Crippen molar-refractivity contribution in [2.75, 3.05) is 13.1 Å². The molecule has 2 rings (SSSR count). The van der Waals surface area contributed by atoms with Crippen molar-refractivity contribution in [3.63, 3.8) is 0 Å². The molecule has 0 unspecified atom stereocenters. The summed E-state index contributed by atoms with van der Waals surface area (Å²) in [5.74, 6) is 0.0901. The summed E-state index contributed by atoms with van der Waals surface area (Å²) in [6.45, 7) is 4.72. The summed E-state index contributed by atoms with van der Waals surface area (Å²) < 4.78 is 0. The number of hydrogen-bond donors (Lipinski definition) is 2. The van der Waals surface area contributed by atoms with Crippen molar-refractivity contribution in [1.29, 1.82) is 5.26 Å². The number of nitrogens with one attached hydrogen (secondary N) is 1. The maximum Gasteiger partial charge on any atom is 0.237 e. The molecule has 0 aromatic heterocycles. The number of nitrogens with zero attached hydrogens (tertiary/aromatic N) is 2. The molecule has 1 heterocycles. The predicted octanol–water partition coefficient (Wildman–Crippen LogP) is 1.90. The number of carbonyl (C=O) groups is 2. The zero-order chi connectivity index (χ0) is 18.5. The van der Waals surface area contributed by atoms with E-state index in [4.69, 9.17) is 5.73 Å². The van der Waals surface area contributed by atoms with Crippen molar-refractivity contribution in [1.82, 2.24) is 10.2 Å². The van der Waals surface area contributed by atoms with Gasteiger partial charge in [-0.15, -0.1) is 0 Å². The minimum Gasteiger partial charge on any atom is -0.368 e. The zero-order valence-corrected chi connectivity index (χ0v) is 15.5. The van der Waals surface area contributed by atoms with Crippen molar-refractivity contribution >= 4 is 11.8 Å². The van der Waals surface area contributed by atoms with Crippen LogP contribution < -0.4 is 11.1 Å². The zero-order valence-electron chi connectivity index (χ0n) is 15.5. The van der Waals surface area contributed by atoms with Gasteiger partial charge in [0.1, 0.15) is 5.54 Å². The lowest BCUT2D eigenvalue weighted by Gasteiger charge is -2.43. The van der Waals surface area contributed by atoms with Gasteiger partial charge in [0, 0.05) is 19.5 Å². The number of hydrogen-bond acceptors (Lipinski definition) is 4. The Balaban J connectivity index is 1.84. The fourth-order valence-corrected chi connectivity index (χ4v) is 3.85. The second-order valence-electron chi connectivity index (χ2n) is 8.04. The quantitative estimate of drug-likeness (QED) is 0.766. The number of amides is 2. The van der Waals surface area contributed by atoms with Crippen molar-refractivity contribution in [2.45, 2.75) is 76.3 Å². The molecule has 2 aliphatic rings. The van der Waals surface area contributed by atoms with Crippen LogP contribution in [0.1, 0.15) is 65.2 Å². The van der Waals surface area contributed by atoms with Crippen LogP contribution in [0.15, 0.2) is 0 Å². The third-order valence-electron chi connectivity index (χ3n) is 5.95. The van der Waals surface area contributed by atoms with Crippen LogP contribution in [0.25, 0.3) is 0 Å². The Morgan fingerprint density at radius 3 is 2.40 bits per heavy atom. The molecular weight excluding hydrogens is 316 g/mol. The van der Waals surface area contributed by atoms with E-state index in [0.29, 0.717) is 31.8 Å². The molecule has 6 heteroatoms. The van der Waals surface area contributed by atoms with Crippen LogP contribution in [-0.2, 0) is 9.59 Å². The molecule has 0 atom stereocenters. The Hall–Kier alpha value is -1.61. The first-order chi connectivity index (χ1) is 11.8. The Kier molecular flexibility index (Phi) is 6.45. The van der Waals surface area contributed by atoms with Crippen molar-refractivity contribution in [2.24, 2.45) is 11.7 Å². The van der Waals surface area contributed by atoms with Crippen LogP contribution in [0.2, 0.25) is 0 Å². The standard InChI is InChI=1S/C19H31N4O2/c1-18(2,17(21)25)23-12-10-19(14-20,11-13-23)22-16(24)9-8-15-6-4-3-5-7-15/h9,15H,3-8,10-13H2,1-2H3,(H2,21,25)(H,22,24). The first-order valence-corrected chi connectivity index (χ1v) is 9.41. The second-order valence-corrected chi connectivity index (χ2v) is 8.04. The van der Waals surface area contributed by atoms with Crippen LogP contribution in [-0.4, -0.2) is 40.9 Å². The Bertz CT molecular complexity index is 524. The van der Waals surface area contributed by atoms with Gasteiger partial charge in [0.15, 0.2) is 0 Å². The van der Waals surface area contributed by atoms with Gasteiger partial charge >= 0.3 is 0 Å². The van der Waals surface area contributed by atoms with Crippen LogP contribution >= 0.6 is 0 Å². The number of carbonyl (C=O) groups excluding carboxylic acids is 2. The average molecular weight is 347 g/mol. The lowest BCUT2D eigenvalue weighted by atomic mass is 9.84. The number of likely N-dealkylation sites (tertiary alicyclic amines) is 1. The van der Waals surface area contributed by atoms with E-state index >= 15 is 0 Å². The molecule has 139 valence electrons. The molecule has 0 bridgehead atoms. The molecule has 6 nitrogen and oxygen atoms in total. The van der Waals surface area contributed by atoms with Gasteiger partial charge in [0.05, 0.1) is 11.6 Å². The SMILES string of the molecule is CC(C)(C(N)=O)N1CCC(C#N)(NC(=O)[CH]CC2CCCCC2)CC1. The maximum atomic E-state index is 12.3. The minimum atomic E-state index is -0.843. The topological polar surface area (TPSA) is 99.2 Å². The molecule has 1 radical (unpaired) electrons. The Morgan fingerprint density at radius 1 is 1.28 bits per heavy atom. The molecule has 25 heavy (non-hydrogen) atoms. The van der Waals surface area contributed by atoms with E-state index in [9.17, 15) is 14.9 Å². The monoisotopic (exact) mass is 347 g/mol. The van der Waals surface area contributed by atoms with Crippen molar-refractivity contribution < 1.29 is 9.59 Å². The van der Waals surface area contributed by atoms with Gasteiger partial charge in [0.2, 0.25) is 11.8 Å². The summed E-state index contributed by atoms with van der Waals surface area (Å²) >= 11 is 0. The van der Waals surface area contributed by atoms with Gasteiger partial charge in [-0.25, -0.2) is 0 Å². The van der Waals surface area contributed by atoms with Gasteiger partial charge < -0.3 is 11.1 Å². The van der Waals surface area contributed by atoms with E-state index in [0.717, 1.165) is 6.42 Å². The van der Waals surface area contributed by atoms with Gasteiger partial charge in [-0.3, -0.25) is 14.5 Å². The molecule has 2 amide bonds. The molecule has 1 aliphatic heterocycles. The summed E-state index contributed by atoms with van der Waals surface area (Å²) in [6.07, 6.45) is 9.74. The van der Waals surface area contributed by atoms with E-state index in [1.165, 1.54) is 32.1 Å². The first kappa shape index (κ1) is 19.7. The van der Waals surface area contributed by atoms with E-state index < -0.39 is 11.1 Å². The van der Waals surface area contributed by atoms with E-state index in [2.05, 4.69) is 11.4 Å². The molecule has 3 N–H and O–H groups in total. The van der Waals surface area contributed by atoms with E-state index in [1.54, 1.807) is 20.3 Å². The largest absolute Gasteiger partial charge is 0.368 e. The van der Waals surface area contributed by atoms with Crippen LogP contribution in [0.4, 0.5) is 0 Å². The van der Waals surface area contributed by atoms with Gasteiger partial charge in [-0.05, 0) is 39.0 Å². The number of nitriles is 1. The van der Waals surface area contributed by atoms with Gasteiger partial charge in [-0.1, -0.05) is 32.1 Å². The summed E-state index contributed by atoms with van der Waals surface area (Å²) in [4.78, 5) is 25.9. The minimum absolute atomic E-state index is 0.144. The molecule has 0 spiro atoms. The first-order valence-electron chi connectivity index (χ1n) is 9.41. The molecule has 1 saturated carbocycles. The maximum absolute atomic E-state index is 12.3. The van der Waals surface area contributed by atoms with Gasteiger partial charge in [0.25, 0.3) is 0 Å². The number of nitrogens with two attached hydrogens (primary N) is 1. The number of piperidine rings is 1. The summed E-state index contributed by atoms with van der Waals surface area (Å²) in [7, 11) is 0. The highest BCUT2D eigenvalue weighted by Gasteiger charge is 2.42. The Morgan fingerprint density at radius 2 is 1.88 bits per heavy atom. The van der Waals surface area contributed by atoms with Crippen LogP contribution in [0.5, 0.6) is 0 Å². The molecule has 2 fully saturated rings. The molecule has 1 saturated heterocycles. The highest BCUT2D eigenvalue weighted by molar-refractivity contribution is 5.85. The molecule has 1 aliphatic carbocycles. The number of rotatable bonds is 6. The smallest absolute Gasteiger partial charge is 0.237 e. The molecule has 0 aromatic rings. The number of primary amides is 1. The summed E-state index contributed by atoms with van der Waals surface area (Å²) in [5.41, 5.74) is 3.89. The van der Waals surface area contributed by atoms with Crippen molar-refractivity contribution in [3.8, 4) is 6.07 Å². The van der Waals surface area contributed by atoms with E-state index in [-0.39, 0.29) is 11.8 Å². The lowest BCUT2D eigenvalue weighted by molar-refractivity contribution is -0.130. The molecular formula is C19H31N4O2. The third kappa shape index (κ3) is 4.94. The summed E-state index contributed by atoms with van der Waals surface area (Å²) in [6, 6.07) is 2.29. The highest BCUT2D eigenvalue weighted by atomic mass is 16.2. The highest BCUT2D eigenvalue weighted by Crippen LogP contribution is 2.29. The average Bonchev–Trinajstić information content (AvgIpc) is 2.61. The third-order valence-corrected chi connectivity index (χ3v) is 5.95. The van der Waals surface area contributed by atoms with Crippen molar-refractivity contribution in [3.05, 3.63) is 6.42 Å². The fraction of sp³-hybridized carbons (Fsp3) is 0.789.